The molecule has 0 saturated carbocycles. The molecule has 0 aromatic carbocycles. The van der Waals surface area contributed by atoms with Crippen molar-refractivity contribution < 1.29 is 4.39 Å². The van der Waals surface area contributed by atoms with Crippen molar-refractivity contribution in [2.24, 2.45) is 7.05 Å². The zero-order valence-corrected chi connectivity index (χ0v) is 11.9. The van der Waals surface area contributed by atoms with Crippen molar-refractivity contribution in [1.29, 1.82) is 0 Å². The molecule has 1 fully saturated rings. The predicted octanol–water partition coefficient (Wildman–Crippen LogP) is 1.70. The first-order chi connectivity index (χ1) is 10.1. The normalized spacial score (nSPS) is 16.2. The van der Waals surface area contributed by atoms with Gasteiger partial charge in [0, 0.05) is 32.4 Å². The maximum atomic E-state index is 12.8. The molecule has 0 N–H and O–H groups in total. The Morgan fingerprint density at radius 3 is 2.52 bits per heavy atom. The van der Waals surface area contributed by atoms with E-state index in [2.05, 4.69) is 14.9 Å². The van der Waals surface area contributed by atoms with E-state index in [-0.39, 0.29) is 5.56 Å². The van der Waals surface area contributed by atoms with Crippen LogP contribution >= 0.6 is 0 Å². The Hall–Kier alpha value is -2.24. The highest BCUT2D eigenvalue weighted by molar-refractivity contribution is 5.31. The minimum absolute atomic E-state index is 0.0248. The highest BCUT2D eigenvalue weighted by Crippen LogP contribution is 2.28. The van der Waals surface area contributed by atoms with Crippen LogP contribution in [-0.4, -0.2) is 27.6 Å². The van der Waals surface area contributed by atoms with Crippen molar-refractivity contribution in [3.05, 3.63) is 52.5 Å². The number of piperidine rings is 1. The second-order valence-electron chi connectivity index (χ2n) is 5.37. The maximum Gasteiger partial charge on any atom is 0.250 e. The average molecular weight is 288 g/mol. The summed E-state index contributed by atoms with van der Waals surface area (Å²) in [6.45, 7) is 1.62. The third-order valence-corrected chi connectivity index (χ3v) is 3.98. The average Bonchev–Trinajstić information content (AvgIpc) is 2.51. The van der Waals surface area contributed by atoms with Crippen LogP contribution in [0.5, 0.6) is 0 Å². The Morgan fingerprint density at radius 2 is 1.90 bits per heavy atom. The standard InChI is InChI=1S/C15H17FN4O/c1-19-5-2-12(8-14(19)21)11-3-6-20(7-4-11)15-17-9-13(16)10-18-15/h2,5,8-11H,3-4,6-7H2,1H3. The molecule has 2 aromatic heterocycles. The summed E-state index contributed by atoms with van der Waals surface area (Å²) >= 11 is 0. The molecule has 21 heavy (non-hydrogen) atoms. The van der Waals surface area contributed by atoms with Gasteiger partial charge in [0.25, 0.3) is 5.56 Å². The molecule has 1 aliphatic heterocycles. The number of hydrogen-bond donors (Lipinski definition) is 0. The van der Waals surface area contributed by atoms with Crippen molar-refractivity contribution >= 4 is 5.95 Å². The molecule has 110 valence electrons. The van der Waals surface area contributed by atoms with Gasteiger partial charge in [-0.2, -0.15) is 0 Å². The molecule has 1 aliphatic rings. The largest absolute Gasteiger partial charge is 0.341 e. The van der Waals surface area contributed by atoms with Crippen LogP contribution in [0.4, 0.5) is 10.3 Å². The van der Waals surface area contributed by atoms with Gasteiger partial charge in [-0.05, 0) is 30.4 Å². The van der Waals surface area contributed by atoms with Crippen molar-refractivity contribution in [2.75, 3.05) is 18.0 Å². The van der Waals surface area contributed by atoms with E-state index in [1.54, 1.807) is 17.7 Å². The number of aryl methyl sites for hydroxylation is 1. The maximum absolute atomic E-state index is 12.8. The molecule has 0 amide bonds. The van der Waals surface area contributed by atoms with Gasteiger partial charge >= 0.3 is 0 Å². The molecule has 6 heteroatoms. The Morgan fingerprint density at radius 1 is 1.24 bits per heavy atom. The first kappa shape index (κ1) is 13.7. The fourth-order valence-electron chi connectivity index (χ4n) is 2.70. The van der Waals surface area contributed by atoms with Gasteiger partial charge < -0.3 is 9.47 Å². The van der Waals surface area contributed by atoms with Crippen LogP contribution in [0.25, 0.3) is 0 Å². The lowest BCUT2D eigenvalue weighted by molar-refractivity contribution is 0.496. The molecule has 5 nitrogen and oxygen atoms in total. The van der Waals surface area contributed by atoms with E-state index >= 15 is 0 Å². The quantitative estimate of drug-likeness (QED) is 0.844. The number of pyridine rings is 1. The van der Waals surface area contributed by atoms with Gasteiger partial charge in [0.1, 0.15) is 0 Å². The lowest BCUT2D eigenvalue weighted by Crippen LogP contribution is -2.34. The summed E-state index contributed by atoms with van der Waals surface area (Å²) in [7, 11) is 1.75. The van der Waals surface area contributed by atoms with Gasteiger partial charge in [0.05, 0.1) is 12.4 Å². The summed E-state index contributed by atoms with van der Waals surface area (Å²) in [6.07, 6.45) is 6.07. The minimum atomic E-state index is -0.422. The minimum Gasteiger partial charge on any atom is -0.341 e. The van der Waals surface area contributed by atoms with Crippen molar-refractivity contribution in [2.45, 2.75) is 18.8 Å². The van der Waals surface area contributed by atoms with Gasteiger partial charge in [-0.15, -0.1) is 0 Å². The second kappa shape index (κ2) is 5.63. The SMILES string of the molecule is Cn1ccc(C2CCN(c3ncc(F)cn3)CC2)cc1=O. The van der Waals surface area contributed by atoms with Gasteiger partial charge in [-0.25, -0.2) is 14.4 Å². The Balaban J connectivity index is 1.68. The summed E-state index contributed by atoms with van der Waals surface area (Å²) < 4.78 is 14.4. The zero-order chi connectivity index (χ0) is 14.8. The van der Waals surface area contributed by atoms with E-state index in [1.165, 1.54) is 12.4 Å². The molecular weight excluding hydrogens is 271 g/mol. The van der Waals surface area contributed by atoms with Crippen molar-refractivity contribution in [3.63, 3.8) is 0 Å². The summed E-state index contributed by atoms with van der Waals surface area (Å²) in [5.41, 5.74) is 1.12. The Labute approximate surface area is 122 Å². The van der Waals surface area contributed by atoms with E-state index in [1.807, 2.05) is 12.3 Å². The molecule has 2 aromatic rings. The zero-order valence-electron chi connectivity index (χ0n) is 11.9. The molecule has 3 heterocycles. The van der Waals surface area contributed by atoms with Crippen LogP contribution in [0.1, 0.15) is 24.3 Å². The van der Waals surface area contributed by atoms with Crippen LogP contribution in [-0.2, 0) is 7.05 Å². The van der Waals surface area contributed by atoms with Gasteiger partial charge in [0.2, 0.25) is 5.95 Å². The van der Waals surface area contributed by atoms with Crippen LogP contribution in [0.3, 0.4) is 0 Å². The molecule has 0 radical (unpaired) electrons. The summed E-state index contributed by atoms with van der Waals surface area (Å²) in [6, 6.07) is 3.73. The third-order valence-electron chi connectivity index (χ3n) is 3.98. The summed E-state index contributed by atoms with van der Waals surface area (Å²) in [5, 5.41) is 0. The van der Waals surface area contributed by atoms with Gasteiger partial charge in [0.15, 0.2) is 5.82 Å². The van der Waals surface area contributed by atoms with Crippen LogP contribution < -0.4 is 10.5 Å². The Bertz CT molecular complexity index is 675. The number of rotatable bonds is 2. The number of nitrogens with zero attached hydrogens (tertiary/aromatic N) is 4. The van der Waals surface area contributed by atoms with E-state index in [4.69, 9.17) is 0 Å². The van der Waals surface area contributed by atoms with Crippen LogP contribution in [0, 0.1) is 5.82 Å². The number of aromatic nitrogens is 3. The third kappa shape index (κ3) is 2.94. The molecule has 0 unspecified atom stereocenters. The van der Waals surface area contributed by atoms with E-state index < -0.39 is 5.82 Å². The molecule has 0 aliphatic carbocycles. The van der Waals surface area contributed by atoms with E-state index in [9.17, 15) is 9.18 Å². The van der Waals surface area contributed by atoms with E-state index in [0.717, 1.165) is 31.5 Å². The van der Waals surface area contributed by atoms with E-state index in [0.29, 0.717) is 11.9 Å². The topological polar surface area (TPSA) is 51.0 Å². The fraction of sp³-hybridized carbons (Fsp3) is 0.400. The lowest BCUT2D eigenvalue weighted by atomic mass is 9.90. The van der Waals surface area contributed by atoms with Gasteiger partial charge in [-0.3, -0.25) is 4.79 Å². The van der Waals surface area contributed by atoms with Crippen molar-refractivity contribution in [3.8, 4) is 0 Å². The second-order valence-corrected chi connectivity index (χ2v) is 5.37. The molecule has 0 bridgehead atoms. The Kier molecular flexibility index (Phi) is 3.68. The first-order valence-corrected chi connectivity index (χ1v) is 7.02. The molecule has 1 saturated heterocycles. The van der Waals surface area contributed by atoms with Crippen LogP contribution in [0.15, 0.2) is 35.5 Å². The highest BCUT2D eigenvalue weighted by atomic mass is 19.1. The monoisotopic (exact) mass is 288 g/mol. The number of halogens is 1. The van der Waals surface area contributed by atoms with Crippen molar-refractivity contribution in [1.82, 2.24) is 14.5 Å². The smallest absolute Gasteiger partial charge is 0.250 e. The summed E-state index contributed by atoms with van der Waals surface area (Å²) in [5.74, 6) is 0.531. The molecular formula is C15H17FN4O. The van der Waals surface area contributed by atoms with Crippen LogP contribution in [0.2, 0.25) is 0 Å². The summed E-state index contributed by atoms with van der Waals surface area (Å²) in [4.78, 5) is 21.8. The lowest BCUT2D eigenvalue weighted by Gasteiger charge is -2.32. The highest BCUT2D eigenvalue weighted by Gasteiger charge is 2.22. The molecule has 3 rings (SSSR count). The fourth-order valence-corrected chi connectivity index (χ4v) is 2.70. The number of anilines is 1. The molecule has 0 spiro atoms. The predicted molar refractivity (Wildman–Crippen MR) is 77.9 cm³/mol. The molecule has 0 atom stereocenters. The van der Waals surface area contributed by atoms with Gasteiger partial charge in [-0.1, -0.05) is 0 Å². The first-order valence-electron chi connectivity index (χ1n) is 7.02. The number of hydrogen-bond acceptors (Lipinski definition) is 4.